The molecular formula is C9H15N. The van der Waals surface area contributed by atoms with Gasteiger partial charge in [0.05, 0.1) is 0 Å². The second-order valence-corrected chi connectivity index (χ2v) is 4.40. The topological polar surface area (TPSA) is 3.24 Å². The maximum absolute atomic E-state index is 2.77. The first-order valence-corrected chi connectivity index (χ1v) is 4.64. The predicted molar refractivity (Wildman–Crippen MR) is 40.9 cm³/mol. The van der Waals surface area contributed by atoms with Crippen LogP contribution in [0.15, 0.2) is 0 Å². The van der Waals surface area contributed by atoms with Crippen molar-refractivity contribution in [3.63, 3.8) is 0 Å². The van der Waals surface area contributed by atoms with E-state index in [1.54, 1.807) is 12.8 Å². The van der Waals surface area contributed by atoms with E-state index >= 15 is 0 Å². The van der Waals surface area contributed by atoms with Crippen molar-refractivity contribution in [3.8, 4) is 0 Å². The average Bonchev–Trinajstić information content (AvgIpc) is 2.37. The monoisotopic (exact) mass is 137 g/mol. The zero-order valence-corrected chi connectivity index (χ0v) is 6.47. The molecule has 10 heavy (non-hydrogen) atoms. The van der Waals surface area contributed by atoms with Crippen molar-refractivity contribution in [2.45, 2.75) is 37.6 Å². The zero-order valence-electron chi connectivity index (χ0n) is 6.47. The lowest BCUT2D eigenvalue weighted by atomic mass is 9.69. The van der Waals surface area contributed by atoms with Crippen LogP contribution in [0.25, 0.3) is 0 Å². The van der Waals surface area contributed by atoms with Gasteiger partial charge in [-0.05, 0) is 38.1 Å². The van der Waals surface area contributed by atoms with Crippen LogP contribution >= 0.6 is 0 Å². The summed E-state index contributed by atoms with van der Waals surface area (Å²) in [6.45, 7) is 2.86. The fourth-order valence-corrected chi connectivity index (χ4v) is 3.35. The number of hydrogen-bond acceptors (Lipinski definition) is 1. The van der Waals surface area contributed by atoms with Gasteiger partial charge in [0.1, 0.15) is 0 Å². The molecule has 1 saturated carbocycles. The van der Waals surface area contributed by atoms with Gasteiger partial charge in [0.2, 0.25) is 0 Å². The summed E-state index contributed by atoms with van der Waals surface area (Å²) in [5.41, 5.74) is 0.767. The van der Waals surface area contributed by atoms with E-state index in [-0.39, 0.29) is 0 Å². The van der Waals surface area contributed by atoms with E-state index in [1.165, 1.54) is 32.4 Å². The molecule has 1 nitrogen and oxygen atoms in total. The van der Waals surface area contributed by atoms with Crippen molar-refractivity contribution in [2.24, 2.45) is 5.92 Å². The van der Waals surface area contributed by atoms with E-state index in [2.05, 4.69) is 4.90 Å². The molecule has 4 fully saturated rings. The first kappa shape index (κ1) is 5.59. The lowest BCUT2D eigenvalue weighted by Gasteiger charge is -2.45. The van der Waals surface area contributed by atoms with Crippen molar-refractivity contribution in [1.82, 2.24) is 4.90 Å². The van der Waals surface area contributed by atoms with Gasteiger partial charge in [-0.1, -0.05) is 6.42 Å². The molecule has 2 bridgehead atoms. The Morgan fingerprint density at radius 3 is 2.90 bits per heavy atom. The average molecular weight is 137 g/mol. The molecule has 0 radical (unpaired) electrons. The van der Waals surface area contributed by atoms with Crippen molar-refractivity contribution in [3.05, 3.63) is 0 Å². The Morgan fingerprint density at radius 2 is 2.10 bits per heavy atom. The van der Waals surface area contributed by atoms with Gasteiger partial charge in [-0.2, -0.15) is 0 Å². The number of hydrogen-bond donors (Lipinski definition) is 0. The third kappa shape index (κ3) is 0.493. The normalized spacial score (nSPS) is 52.2. The molecule has 0 aromatic heterocycles. The zero-order chi connectivity index (χ0) is 6.60. The maximum Gasteiger partial charge on any atom is 0.0216 e. The van der Waals surface area contributed by atoms with Gasteiger partial charge in [-0.15, -0.1) is 0 Å². The summed E-state index contributed by atoms with van der Waals surface area (Å²) in [6.07, 6.45) is 7.58. The summed E-state index contributed by atoms with van der Waals surface area (Å²) in [6, 6.07) is 0. The molecule has 1 aliphatic carbocycles. The molecule has 1 heteroatoms. The minimum Gasteiger partial charge on any atom is -0.297 e. The van der Waals surface area contributed by atoms with E-state index < -0.39 is 0 Å². The Morgan fingerprint density at radius 1 is 1.20 bits per heavy atom. The summed E-state index contributed by atoms with van der Waals surface area (Å²) < 4.78 is 0. The molecule has 0 amide bonds. The summed E-state index contributed by atoms with van der Waals surface area (Å²) in [5.74, 6) is 1.11. The second kappa shape index (κ2) is 1.58. The van der Waals surface area contributed by atoms with E-state index in [4.69, 9.17) is 0 Å². The van der Waals surface area contributed by atoms with Gasteiger partial charge in [-0.25, -0.2) is 0 Å². The Kier molecular flexibility index (Phi) is 0.883. The lowest BCUT2D eigenvalue weighted by Crippen LogP contribution is -2.48. The molecule has 0 aromatic rings. The largest absolute Gasteiger partial charge is 0.297 e. The van der Waals surface area contributed by atoms with Crippen molar-refractivity contribution < 1.29 is 0 Å². The maximum atomic E-state index is 2.77. The third-order valence-electron chi connectivity index (χ3n) is 3.81. The highest BCUT2D eigenvalue weighted by Crippen LogP contribution is 2.54. The SMILES string of the molecule is C1CCC23CC(CN2C1)C3. The van der Waals surface area contributed by atoms with Crippen LogP contribution in [-0.4, -0.2) is 23.5 Å². The van der Waals surface area contributed by atoms with Gasteiger partial charge in [-0.3, -0.25) is 4.90 Å². The highest BCUT2D eigenvalue weighted by atomic mass is 15.3. The molecule has 0 aromatic carbocycles. The molecule has 0 unspecified atom stereocenters. The third-order valence-corrected chi connectivity index (χ3v) is 3.81. The molecule has 3 aliphatic heterocycles. The van der Waals surface area contributed by atoms with Crippen LogP contribution < -0.4 is 0 Å². The van der Waals surface area contributed by atoms with Gasteiger partial charge in [0, 0.05) is 12.1 Å². The number of rotatable bonds is 0. The molecule has 0 N–H and O–H groups in total. The molecular weight excluding hydrogens is 122 g/mol. The molecule has 4 aliphatic rings. The van der Waals surface area contributed by atoms with E-state index in [1.807, 2.05) is 0 Å². The van der Waals surface area contributed by atoms with Crippen LogP contribution in [0.1, 0.15) is 32.1 Å². The minimum atomic E-state index is 0.767. The summed E-state index contributed by atoms with van der Waals surface area (Å²) in [4.78, 5) is 2.77. The van der Waals surface area contributed by atoms with Crippen molar-refractivity contribution >= 4 is 0 Å². The van der Waals surface area contributed by atoms with Crippen molar-refractivity contribution in [1.29, 1.82) is 0 Å². The fourth-order valence-electron chi connectivity index (χ4n) is 3.35. The Labute approximate surface area is 62.4 Å². The van der Waals surface area contributed by atoms with Crippen LogP contribution in [-0.2, 0) is 0 Å². The molecule has 56 valence electrons. The van der Waals surface area contributed by atoms with Gasteiger partial charge in [0.15, 0.2) is 0 Å². The quantitative estimate of drug-likeness (QED) is 0.490. The van der Waals surface area contributed by atoms with Crippen LogP contribution in [0.3, 0.4) is 0 Å². The second-order valence-electron chi connectivity index (χ2n) is 4.40. The van der Waals surface area contributed by atoms with E-state index in [0.717, 1.165) is 11.5 Å². The highest BCUT2D eigenvalue weighted by molar-refractivity contribution is 5.11. The molecule has 0 atom stereocenters. The summed E-state index contributed by atoms with van der Waals surface area (Å²) in [7, 11) is 0. The van der Waals surface area contributed by atoms with Crippen LogP contribution in [0, 0.1) is 5.92 Å². The number of nitrogens with zero attached hydrogens (tertiary/aromatic N) is 1. The van der Waals surface area contributed by atoms with Crippen LogP contribution in [0.5, 0.6) is 0 Å². The standard InChI is InChI=1S/C9H15N/c1-2-4-10-7-8-5-9(10,3-1)6-8/h8H,1-7H2. The van der Waals surface area contributed by atoms with E-state index in [9.17, 15) is 0 Å². The van der Waals surface area contributed by atoms with Crippen LogP contribution in [0.2, 0.25) is 0 Å². The Hall–Kier alpha value is -0.0400. The van der Waals surface area contributed by atoms with E-state index in [0.29, 0.717) is 0 Å². The van der Waals surface area contributed by atoms with Gasteiger partial charge < -0.3 is 0 Å². The Balaban J connectivity index is 1.90. The lowest BCUT2D eigenvalue weighted by molar-refractivity contribution is 0.0665. The van der Waals surface area contributed by atoms with Gasteiger partial charge >= 0.3 is 0 Å². The predicted octanol–water partition coefficient (Wildman–Crippen LogP) is 1.63. The number of piperidine rings is 1. The fraction of sp³-hybridized carbons (Fsp3) is 1.00. The minimum absolute atomic E-state index is 0.767. The summed E-state index contributed by atoms with van der Waals surface area (Å²) in [5, 5.41) is 0. The molecule has 3 heterocycles. The van der Waals surface area contributed by atoms with Gasteiger partial charge in [0.25, 0.3) is 0 Å². The first-order valence-electron chi connectivity index (χ1n) is 4.64. The molecule has 1 spiro atoms. The van der Waals surface area contributed by atoms with Crippen molar-refractivity contribution in [2.75, 3.05) is 13.1 Å². The Bertz CT molecular complexity index is 155. The molecule has 3 saturated heterocycles. The smallest absolute Gasteiger partial charge is 0.0216 e. The molecule has 4 rings (SSSR count). The first-order chi connectivity index (χ1) is 4.89. The highest BCUT2D eigenvalue weighted by Gasteiger charge is 2.55. The summed E-state index contributed by atoms with van der Waals surface area (Å²) >= 11 is 0. The van der Waals surface area contributed by atoms with Crippen LogP contribution in [0.4, 0.5) is 0 Å².